The third kappa shape index (κ3) is 12.6. The summed E-state index contributed by atoms with van der Waals surface area (Å²) in [7, 11) is 0. The summed E-state index contributed by atoms with van der Waals surface area (Å²) in [5.74, 6) is 10.1. The molecule has 3 aliphatic rings. The van der Waals surface area contributed by atoms with Gasteiger partial charge in [0, 0.05) is 85.3 Å². The topological polar surface area (TPSA) is 24.9 Å². The van der Waals surface area contributed by atoms with Crippen molar-refractivity contribution >= 4 is 47.0 Å². The highest BCUT2D eigenvalue weighted by Crippen LogP contribution is 2.12. The molecule has 0 radical (unpaired) electrons. The van der Waals surface area contributed by atoms with Gasteiger partial charge in [-0.3, -0.25) is 9.80 Å². The Bertz CT molecular complexity index is 252. The maximum Gasteiger partial charge on any atom is 0.0701 e. The summed E-state index contributed by atoms with van der Waals surface area (Å²) in [6.07, 6.45) is 0. The van der Waals surface area contributed by atoms with Crippen LogP contribution in [0, 0.1) is 0 Å². The SMILES string of the molecule is C1COCCN2CCSCCSCCN(CCO1)CCSCCSCC2. The zero-order chi connectivity index (χ0) is 18.1. The van der Waals surface area contributed by atoms with Gasteiger partial charge in [-0.05, 0) is 0 Å². The monoisotopic (exact) mass is 440 g/mol. The van der Waals surface area contributed by atoms with Gasteiger partial charge in [-0.25, -0.2) is 0 Å². The Labute approximate surface area is 177 Å². The molecule has 3 rings (SSSR count). The van der Waals surface area contributed by atoms with Crippen LogP contribution in [0.4, 0.5) is 0 Å². The second-order valence-corrected chi connectivity index (χ2v) is 11.3. The molecule has 3 heterocycles. The van der Waals surface area contributed by atoms with Gasteiger partial charge < -0.3 is 9.47 Å². The van der Waals surface area contributed by atoms with E-state index in [-0.39, 0.29) is 0 Å². The molecule has 3 saturated heterocycles. The molecule has 0 unspecified atom stereocenters. The second kappa shape index (κ2) is 17.1. The fourth-order valence-corrected chi connectivity index (χ4v) is 7.05. The molecule has 3 aliphatic heterocycles. The van der Waals surface area contributed by atoms with Crippen molar-refractivity contribution < 1.29 is 9.47 Å². The quantitative estimate of drug-likeness (QED) is 0.567. The van der Waals surface area contributed by atoms with Crippen LogP contribution in [0.3, 0.4) is 0 Å². The van der Waals surface area contributed by atoms with Crippen molar-refractivity contribution in [1.82, 2.24) is 9.80 Å². The van der Waals surface area contributed by atoms with E-state index in [0.717, 1.165) is 39.5 Å². The van der Waals surface area contributed by atoms with E-state index in [2.05, 4.69) is 56.8 Å². The Hall–Kier alpha value is 1.24. The number of fused-ring (bicyclic) bond motifs is 21. The average Bonchev–Trinajstić information content (AvgIpc) is 2.65. The van der Waals surface area contributed by atoms with Gasteiger partial charge in [0.15, 0.2) is 0 Å². The third-order valence-corrected chi connectivity index (χ3v) is 8.80. The van der Waals surface area contributed by atoms with E-state index in [0.29, 0.717) is 0 Å². The van der Waals surface area contributed by atoms with E-state index in [1.807, 2.05) is 0 Å². The van der Waals surface area contributed by atoms with Crippen LogP contribution in [0.5, 0.6) is 0 Å². The number of hydrogen-bond acceptors (Lipinski definition) is 8. The summed E-state index contributed by atoms with van der Waals surface area (Å²) in [6.45, 7) is 9.99. The normalized spacial score (nSPS) is 30.5. The molecule has 8 heteroatoms. The Morgan fingerprint density at radius 1 is 0.385 bits per heavy atom. The van der Waals surface area contributed by atoms with Gasteiger partial charge in [0.2, 0.25) is 0 Å². The van der Waals surface area contributed by atoms with Crippen LogP contribution in [0.25, 0.3) is 0 Å². The molecule has 0 saturated carbocycles. The third-order valence-electron chi connectivity index (χ3n) is 4.43. The summed E-state index contributed by atoms with van der Waals surface area (Å²) in [5.41, 5.74) is 0. The predicted octanol–water partition coefficient (Wildman–Crippen LogP) is 2.58. The van der Waals surface area contributed by atoms with Crippen molar-refractivity contribution in [1.29, 1.82) is 0 Å². The van der Waals surface area contributed by atoms with Crippen molar-refractivity contribution in [3.8, 4) is 0 Å². The number of ether oxygens (including phenoxy) is 2. The first-order valence-corrected chi connectivity index (χ1v) is 14.5. The smallest absolute Gasteiger partial charge is 0.0701 e. The van der Waals surface area contributed by atoms with Gasteiger partial charge in [0.25, 0.3) is 0 Å². The van der Waals surface area contributed by atoms with Crippen molar-refractivity contribution in [3.63, 3.8) is 0 Å². The van der Waals surface area contributed by atoms with Gasteiger partial charge in [0.05, 0.1) is 26.4 Å². The first-order valence-electron chi connectivity index (χ1n) is 9.86. The Balaban J connectivity index is 1.87. The Kier molecular flexibility index (Phi) is 15.5. The molecule has 154 valence electrons. The van der Waals surface area contributed by atoms with Crippen LogP contribution in [-0.2, 0) is 9.47 Å². The molecule has 26 heavy (non-hydrogen) atoms. The van der Waals surface area contributed by atoms with Crippen molar-refractivity contribution in [2.45, 2.75) is 0 Å². The highest BCUT2D eigenvalue weighted by Gasteiger charge is 2.08. The minimum atomic E-state index is 0.725. The van der Waals surface area contributed by atoms with Gasteiger partial charge >= 0.3 is 0 Å². The number of thioether (sulfide) groups is 4. The fourth-order valence-electron chi connectivity index (χ4n) is 2.80. The van der Waals surface area contributed by atoms with Gasteiger partial charge in [-0.1, -0.05) is 0 Å². The summed E-state index contributed by atoms with van der Waals surface area (Å²) in [6, 6.07) is 0. The molecule has 2 bridgehead atoms. The lowest BCUT2D eigenvalue weighted by molar-refractivity contribution is 0.0331. The molecule has 3 fully saturated rings. The highest BCUT2D eigenvalue weighted by molar-refractivity contribution is 8.03. The largest absolute Gasteiger partial charge is 0.378 e. The van der Waals surface area contributed by atoms with Crippen molar-refractivity contribution in [2.24, 2.45) is 0 Å². The first kappa shape index (κ1) is 23.5. The molecular weight excluding hydrogens is 404 g/mol. The Morgan fingerprint density at radius 2 is 0.731 bits per heavy atom. The standard InChI is InChI=1S/C18H36N2O2S4/c1-7-21-9-10-22-8-2-20-5-13-25-17-15-23-11-3-19(1)4-12-24-16-18-26-14-6-20/h1-18H2. The van der Waals surface area contributed by atoms with E-state index >= 15 is 0 Å². The number of hydrogen-bond donors (Lipinski definition) is 0. The van der Waals surface area contributed by atoms with Crippen LogP contribution in [-0.4, -0.2) is 122 Å². The van der Waals surface area contributed by atoms with Crippen LogP contribution in [0.15, 0.2) is 0 Å². The van der Waals surface area contributed by atoms with E-state index < -0.39 is 0 Å². The van der Waals surface area contributed by atoms with Crippen molar-refractivity contribution in [2.75, 3.05) is 112 Å². The van der Waals surface area contributed by atoms with Crippen LogP contribution < -0.4 is 0 Å². The molecule has 0 spiro atoms. The molecule has 0 amide bonds. The summed E-state index contributed by atoms with van der Waals surface area (Å²) < 4.78 is 11.6. The van der Waals surface area contributed by atoms with Crippen LogP contribution >= 0.6 is 47.0 Å². The van der Waals surface area contributed by atoms with Crippen molar-refractivity contribution in [3.05, 3.63) is 0 Å². The lowest BCUT2D eigenvalue weighted by Crippen LogP contribution is -2.33. The fraction of sp³-hybridized carbons (Fsp3) is 1.00. The van der Waals surface area contributed by atoms with E-state index in [1.54, 1.807) is 0 Å². The number of rotatable bonds is 0. The lowest BCUT2D eigenvalue weighted by Gasteiger charge is -2.24. The maximum atomic E-state index is 5.80. The molecule has 0 aromatic rings. The molecule has 0 aromatic heterocycles. The van der Waals surface area contributed by atoms with Crippen LogP contribution in [0.1, 0.15) is 0 Å². The highest BCUT2D eigenvalue weighted by atomic mass is 32.2. The summed E-state index contributed by atoms with van der Waals surface area (Å²) in [4.78, 5) is 5.18. The molecule has 4 nitrogen and oxygen atoms in total. The second-order valence-electron chi connectivity index (χ2n) is 6.36. The van der Waals surface area contributed by atoms with Crippen LogP contribution in [0.2, 0.25) is 0 Å². The minimum absolute atomic E-state index is 0.725. The lowest BCUT2D eigenvalue weighted by atomic mass is 10.5. The van der Waals surface area contributed by atoms with Gasteiger partial charge in [-0.2, -0.15) is 47.0 Å². The molecule has 0 aliphatic carbocycles. The zero-order valence-corrected chi connectivity index (χ0v) is 19.3. The molecule has 0 atom stereocenters. The molecular formula is C18H36N2O2S4. The zero-order valence-electron chi connectivity index (χ0n) is 16.1. The van der Waals surface area contributed by atoms with E-state index in [9.17, 15) is 0 Å². The Morgan fingerprint density at radius 3 is 1.08 bits per heavy atom. The summed E-state index contributed by atoms with van der Waals surface area (Å²) in [5, 5.41) is 0. The summed E-state index contributed by atoms with van der Waals surface area (Å²) >= 11 is 8.46. The number of nitrogens with zero attached hydrogens (tertiary/aromatic N) is 2. The minimum Gasteiger partial charge on any atom is -0.378 e. The average molecular weight is 441 g/mol. The molecule has 0 aromatic carbocycles. The predicted molar refractivity (Wildman–Crippen MR) is 124 cm³/mol. The maximum absolute atomic E-state index is 5.80. The van der Waals surface area contributed by atoms with Gasteiger partial charge in [-0.15, -0.1) is 0 Å². The van der Waals surface area contributed by atoms with E-state index in [4.69, 9.17) is 9.47 Å². The van der Waals surface area contributed by atoms with E-state index in [1.165, 1.54) is 72.2 Å². The molecule has 0 N–H and O–H groups in total. The first-order chi connectivity index (χ1) is 12.9. The van der Waals surface area contributed by atoms with Gasteiger partial charge in [0.1, 0.15) is 0 Å².